The van der Waals surface area contributed by atoms with Crippen LogP contribution in [0, 0.1) is 5.92 Å². The van der Waals surface area contributed by atoms with Gasteiger partial charge >= 0.3 is 0 Å². The number of aromatic nitrogens is 6. The number of fused-ring (bicyclic) bond motifs is 1. The smallest absolute Gasteiger partial charge is 0.269 e. The summed E-state index contributed by atoms with van der Waals surface area (Å²) in [6.07, 6.45) is 1.62. The second kappa shape index (κ2) is 6.33. The second-order valence-corrected chi connectivity index (χ2v) is 8.06. The van der Waals surface area contributed by atoms with Gasteiger partial charge in [-0.15, -0.1) is 15.3 Å². The third kappa shape index (κ3) is 3.24. The Kier molecular flexibility index (Phi) is 4.09. The minimum Gasteiger partial charge on any atom is -0.354 e. The third-order valence-corrected chi connectivity index (χ3v) is 4.81. The Balaban J connectivity index is 1.38. The molecule has 0 radical (unpaired) electrons. The molecule has 0 spiro atoms. The highest BCUT2D eigenvalue weighted by atomic mass is 16.2. The molecule has 1 aliphatic rings. The first-order valence-corrected chi connectivity index (χ1v) is 9.07. The van der Waals surface area contributed by atoms with Crippen LogP contribution in [-0.2, 0) is 12.5 Å². The van der Waals surface area contributed by atoms with E-state index in [-0.39, 0.29) is 11.3 Å². The van der Waals surface area contributed by atoms with Crippen molar-refractivity contribution < 1.29 is 4.79 Å². The summed E-state index contributed by atoms with van der Waals surface area (Å²) < 4.78 is 3.40. The first-order valence-electron chi connectivity index (χ1n) is 9.07. The van der Waals surface area contributed by atoms with Crippen LogP contribution in [0.3, 0.4) is 0 Å². The van der Waals surface area contributed by atoms with Crippen LogP contribution >= 0.6 is 0 Å². The van der Waals surface area contributed by atoms with Gasteiger partial charge in [-0.2, -0.15) is 9.61 Å². The fraction of sp³-hybridized carbons (Fsp3) is 0.500. The minimum absolute atomic E-state index is 0.0905. The average molecular weight is 368 g/mol. The fourth-order valence-electron chi connectivity index (χ4n) is 3.23. The fourth-order valence-corrected chi connectivity index (χ4v) is 3.23. The normalized spacial score (nSPS) is 15.2. The van der Waals surface area contributed by atoms with Gasteiger partial charge in [0.2, 0.25) is 0 Å². The highest BCUT2D eigenvalue weighted by Crippen LogP contribution is 2.25. The lowest BCUT2D eigenvalue weighted by Crippen LogP contribution is -2.52. The van der Waals surface area contributed by atoms with Gasteiger partial charge in [-0.3, -0.25) is 9.48 Å². The summed E-state index contributed by atoms with van der Waals surface area (Å²) in [5.41, 5.74) is 1.20. The van der Waals surface area contributed by atoms with Crippen molar-refractivity contribution in [2.45, 2.75) is 26.2 Å². The maximum absolute atomic E-state index is 12.2. The minimum atomic E-state index is -0.126. The van der Waals surface area contributed by atoms with E-state index in [9.17, 15) is 4.79 Å². The molecule has 1 N–H and O–H groups in total. The number of carbonyl (C=O) groups is 1. The molecule has 0 saturated carbocycles. The van der Waals surface area contributed by atoms with Gasteiger partial charge in [-0.25, -0.2) is 0 Å². The Bertz CT molecular complexity index is 977. The number of aryl methyl sites for hydroxylation is 1. The molecule has 3 aromatic rings. The number of nitrogens with one attached hydrogen (secondary N) is 1. The van der Waals surface area contributed by atoms with Crippen molar-refractivity contribution in [3.05, 3.63) is 35.9 Å². The molecule has 4 rings (SSSR count). The Hall–Kier alpha value is -2.97. The molecule has 0 aliphatic carbocycles. The van der Waals surface area contributed by atoms with E-state index in [0.29, 0.717) is 18.2 Å². The molecular formula is C18H24N8O. The number of hydrogen-bond donors (Lipinski definition) is 1. The van der Waals surface area contributed by atoms with E-state index in [2.05, 4.69) is 46.3 Å². The molecule has 1 fully saturated rings. The molecule has 4 heterocycles. The van der Waals surface area contributed by atoms with Crippen LogP contribution < -0.4 is 10.2 Å². The van der Waals surface area contributed by atoms with E-state index in [4.69, 9.17) is 5.10 Å². The van der Waals surface area contributed by atoms with Gasteiger partial charge in [0.1, 0.15) is 11.5 Å². The number of amides is 1. The van der Waals surface area contributed by atoms with Gasteiger partial charge in [-0.05, 0) is 18.2 Å². The van der Waals surface area contributed by atoms with E-state index in [0.717, 1.165) is 30.4 Å². The monoisotopic (exact) mass is 368 g/mol. The summed E-state index contributed by atoms with van der Waals surface area (Å²) in [7, 11) is 1.76. The maximum Gasteiger partial charge on any atom is 0.269 e. The van der Waals surface area contributed by atoms with E-state index in [1.807, 2.05) is 16.6 Å². The number of nitrogens with zero attached hydrogens (tertiary/aromatic N) is 7. The molecule has 3 aromatic heterocycles. The molecule has 142 valence electrons. The molecule has 0 unspecified atom stereocenters. The topological polar surface area (TPSA) is 93.2 Å². The van der Waals surface area contributed by atoms with Gasteiger partial charge in [0.05, 0.1) is 0 Å². The molecule has 0 bridgehead atoms. The number of rotatable bonds is 4. The van der Waals surface area contributed by atoms with E-state index < -0.39 is 0 Å². The summed E-state index contributed by atoms with van der Waals surface area (Å²) in [6, 6.07) is 5.64. The summed E-state index contributed by atoms with van der Waals surface area (Å²) in [4.78, 5) is 14.4. The van der Waals surface area contributed by atoms with Crippen molar-refractivity contribution in [2.24, 2.45) is 13.0 Å². The highest BCUT2D eigenvalue weighted by molar-refractivity contribution is 5.92. The quantitative estimate of drug-likeness (QED) is 0.739. The van der Waals surface area contributed by atoms with E-state index in [1.54, 1.807) is 24.0 Å². The van der Waals surface area contributed by atoms with Crippen molar-refractivity contribution in [1.82, 2.24) is 34.9 Å². The summed E-state index contributed by atoms with van der Waals surface area (Å²) in [6.45, 7) is 8.66. The Morgan fingerprint density at radius 3 is 2.67 bits per heavy atom. The lowest BCUT2D eigenvalue weighted by Gasteiger charge is -2.40. The lowest BCUT2D eigenvalue weighted by atomic mass is 9.96. The van der Waals surface area contributed by atoms with Gasteiger partial charge in [0.25, 0.3) is 5.91 Å². The van der Waals surface area contributed by atoms with Crippen molar-refractivity contribution in [2.75, 3.05) is 24.5 Å². The van der Waals surface area contributed by atoms with Crippen LogP contribution in [0.25, 0.3) is 5.65 Å². The first-order chi connectivity index (χ1) is 12.8. The van der Waals surface area contributed by atoms with Crippen LogP contribution in [0.15, 0.2) is 24.4 Å². The molecule has 1 aliphatic heterocycles. The lowest BCUT2D eigenvalue weighted by molar-refractivity contribution is 0.0935. The summed E-state index contributed by atoms with van der Waals surface area (Å²) in [5.74, 6) is 2.07. The standard InChI is InChI=1S/C18H24N8O/c1-18(2,3)17-22-21-14-5-6-15(23-26(14)17)25-10-12(11-25)9-19-16(27)13-7-8-20-24(13)4/h5-8,12H,9-11H2,1-4H3,(H,19,27). The zero-order valence-corrected chi connectivity index (χ0v) is 16.0. The first kappa shape index (κ1) is 17.4. The van der Waals surface area contributed by atoms with Crippen molar-refractivity contribution in [3.8, 4) is 0 Å². The zero-order valence-electron chi connectivity index (χ0n) is 16.0. The highest BCUT2D eigenvalue weighted by Gasteiger charge is 2.29. The van der Waals surface area contributed by atoms with E-state index in [1.165, 1.54) is 0 Å². The number of anilines is 1. The predicted molar refractivity (Wildman–Crippen MR) is 101 cm³/mol. The summed E-state index contributed by atoms with van der Waals surface area (Å²) >= 11 is 0. The van der Waals surface area contributed by atoms with Crippen LogP contribution in [-0.4, -0.2) is 55.1 Å². The van der Waals surface area contributed by atoms with Gasteiger partial charge in [-0.1, -0.05) is 20.8 Å². The molecule has 1 amide bonds. The van der Waals surface area contributed by atoms with Gasteiger partial charge in [0, 0.05) is 44.2 Å². The number of hydrogen-bond acceptors (Lipinski definition) is 6. The van der Waals surface area contributed by atoms with Gasteiger partial charge < -0.3 is 10.2 Å². The summed E-state index contributed by atoms with van der Waals surface area (Å²) in [5, 5.41) is 20.2. The Morgan fingerprint density at radius 1 is 1.22 bits per heavy atom. The predicted octanol–water partition coefficient (Wildman–Crippen LogP) is 1.02. The third-order valence-electron chi connectivity index (χ3n) is 4.81. The Morgan fingerprint density at radius 2 is 2.00 bits per heavy atom. The van der Waals surface area contributed by atoms with Crippen LogP contribution in [0.2, 0.25) is 0 Å². The van der Waals surface area contributed by atoms with Crippen molar-refractivity contribution >= 4 is 17.4 Å². The van der Waals surface area contributed by atoms with Gasteiger partial charge in [0.15, 0.2) is 11.5 Å². The largest absolute Gasteiger partial charge is 0.354 e. The average Bonchev–Trinajstić information content (AvgIpc) is 3.18. The van der Waals surface area contributed by atoms with Crippen molar-refractivity contribution in [1.29, 1.82) is 0 Å². The molecular weight excluding hydrogens is 344 g/mol. The Labute approximate surface area is 157 Å². The van der Waals surface area contributed by atoms with Crippen molar-refractivity contribution in [3.63, 3.8) is 0 Å². The van der Waals surface area contributed by atoms with E-state index >= 15 is 0 Å². The molecule has 1 saturated heterocycles. The molecule has 27 heavy (non-hydrogen) atoms. The molecule has 9 nitrogen and oxygen atoms in total. The van der Waals surface area contributed by atoms with Crippen LogP contribution in [0.5, 0.6) is 0 Å². The maximum atomic E-state index is 12.2. The molecule has 9 heteroatoms. The SMILES string of the molecule is Cn1nccc1C(=O)NCC1CN(c2ccc3nnc(C(C)(C)C)n3n2)C1. The molecule has 0 atom stereocenters. The van der Waals surface area contributed by atoms with Crippen LogP contribution in [0.4, 0.5) is 5.82 Å². The number of carbonyl (C=O) groups excluding carboxylic acids is 1. The molecule has 0 aromatic carbocycles. The zero-order chi connectivity index (χ0) is 19.2. The van der Waals surface area contributed by atoms with Crippen LogP contribution in [0.1, 0.15) is 37.1 Å². The second-order valence-electron chi connectivity index (χ2n) is 8.06.